The average molecular weight is 267 g/mol. The van der Waals surface area contributed by atoms with Crippen LogP contribution in [-0.4, -0.2) is 19.3 Å². The van der Waals surface area contributed by atoms with E-state index in [0.717, 1.165) is 31.4 Å². The fourth-order valence-electron chi connectivity index (χ4n) is 1.99. The van der Waals surface area contributed by atoms with E-state index in [0.29, 0.717) is 0 Å². The highest BCUT2D eigenvalue weighted by atomic mass is 19.1. The van der Waals surface area contributed by atoms with E-state index >= 15 is 0 Å². The SMILES string of the molecule is CCCNC(CCC(C)(C)OC)c1ccc(F)cc1. The molecule has 19 heavy (non-hydrogen) atoms. The second-order valence-corrected chi connectivity index (χ2v) is 5.56. The Hall–Kier alpha value is -0.930. The van der Waals surface area contributed by atoms with Gasteiger partial charge in [-0.15, -0.1) is 0 Å². The Kier molecular flexibility index (Phi) is 6.46. The van der Waals surface area contributed by atoms with Crippen LogP contribution in [0.3, 0.4) is 0 Å². The molecule has 1 unspecified atom stereocenters. The summed E-state index contributed by atoms with van der Waals surface area (Å²) in [5.41, 5.74) is 1.02. The standard InChI is InChI=1S/C16H26FNO/c1-5-12-18-15(10-11-16(2,3)19-4)13-6-8-14(17)9-7-13/h6-9,15,18H,5,10-12H2,1-4H3. The average Bonchev–Trinajstić information content (AvgIpc) is 2.40. The Morgan fingerprint density at radius 3 is 2.42 bits per heavy atom. The lowest BCUT2D eigenvalue weighted by atomic mass is 9.95. The molecule has 0 saturated heterocycles. The van der Waals surface area contributed by atoms with Crippen molar-refractivity contribution in [1.82, 2.24) is 5.32 Å². The number of nitrogens with one attached hydrogen (secondary N) is 1. The van der Waals surface area contributed by atoms with Gasteiger partial charge >= 0.3 is 0 Å². The molecule has 0 aliphatic heterocycles. The molecule has 1 aromatic rings. The molecule has 1 atom stereocenters. The number of hydrogen-bond donors (Lipinski definition) is 1. The lowest BCUT2D eigenvalue weighted by molar-refractivity contribution is 0.0117. The van der Waals surface area contributed by atoms with Gasteiger partial charge in [0.2, 0.25) is 0 Å². The molecular weight excluding hydrogens is 241 g/mol. The van der Waals surface area contributed by atoms with Gasteiger partial charge in [0.05, 0.1) is 5.60 Å². The zero-order valence-corrected chi connectivity index (χ0v) is 12.5. The Labute approximate surface area is 116 Å². The van der Waals surface area contributed by atoms with E-state index < -0.39 is 0 Å². The van der Waals surface area contributed by atoms with Gasteiger partial charge in [-0.05, 0) is 57.4 Å². The highest BCUT2D eigenvalue weighted by Crippen LogP contribution is 2.24. The second kappa shape index (κ2) is 7.61. The van der Waals surface area contributed by atoms with Crippen molar-refractivity contribution in [3.8, 4) is 0 Å². The highest BCUT2D eigenvalue weighted by molar-refractivity contribution is 5.20. The molecule has 0 radical (unpaired) electrons. The monoisotopic (exact) mass is 267 g/mol. The minimum absolute atomic E-state index is 0.119. The van der Waals surface area contributed by atoms with Crippen molar-refractivity contribution in [2.45, 2.75) is 51.7 Å². The number of methoxy groups -OCH3 is 1. The van der Waals surface area contributed by atoms with Gasteiger partial charge in [0.1, 0.15) is 5.82 Å². The zero-order valence-electron chi connectivity index (χ0n) is 12.5. The van der Waals surface area contributed by atoms with E-state index in [1.54, 1.807) is 7.11 Å². The quantitative estimate of drug-likeness (QED) is 0.766. The van der Waals surface area contributed by atoms with Crippen LogP contribution in [0.15, 0.2) is 24.3 Å². The van der Waals surface area contributed by atoms with E-state index in [9.17, 15) is 4.39 Å². The first kappa shape index (κ1) is 16.1. The number of hydrogen-bond acceptors (Lipinski definition) is 2. The number of benzene rings is 1. The maximum Gasteiger partial charge on any atom is 0.123 e. The van der Waals surface area contributed by atoms with E-state index in [1.165, 1.54) is 12.1 Å². The van der Waals surface area contributed by atoms with Crippen molar-refractivity contribution < 1.29 is 9.13 Å². The first-order valence-corrected chi connectivity index (χ1v) is 7.02. The van der Waals surface area contributed by atoms with Gasteiger partial charge in [0.25, 0.3) is 0 Å². The summed E-state index contributed by atoms with van der Waals surface area (Å²) >= 11 is 0. The van der Waals surface area contributed by atoms with Gasteiger partial charge in [0.15, 0.2) is 0 Å². The minimum Gasteiger partial charge on any atom is -0.379 e. The van der Waals surface area contributed by atoms with Crippen LogP contribution in [0.25, 0.3) is 0 Å². The van der Waals surface area contributed by atoms with Crippen molar-refractivity contribution in [3.63, 3.8) is 0 Å². The molecule has 0 amide bonds. The zero-order chi connectivity index (χ0) is 14.3. The van der Waals surface area contributed by atoms with Crippen molar-refractivity contribution in [3.05, 3.63) is 35.6 Å². The summed E-state index contributed by atoms with van der Waals surface area (Å²) < 4.78 is 18.5. The topological polar surface area (TPSA) is 21.3 Å². The molecule has 1 aromatic carbocycles. The third-order valence-corrected chi connectivity index (χ3v) is 3.50. The largest absolute Gasteiger partial charge is 0.379 e. The molecule has 0 aromatic heterocycles. The molecule has 0 fully saturated rings. The molecule has 0 bridgehead atoms. The third-order valence-electron chi connectivity index (χ3n) is 3.50. The molecule has 2 nitrogen and oxygen atoms in total. The first-order valence-electron chi connectivity index (χ1n) is 7.02. The fourth-order valence-corrected chi connectivity index (χ4v) is 1.99. The van der Waals surface area contributed by atoms with Crippen LogP contribution < -0.4 is 5.32 Å². The summed E-state index contributed by atoms with van der Waals surface area (Å²) in [7, 11) is 1.74. The van der Waals surface area contributed by atoms with Gasteiger partial charge in [-0.2, -0.15) is 0 Å². The van der Waals surface area contributed by atoms with Crippen LogP contribution in [0, 0.1) is 5.82 Å². The Bertz CT molecular complexity index is 362. The maximum atomic E-state index is 13.0. The van der Waals surface area contributed by atoms with Gasteiger partial charge in [0, 0.05) is 13.2 Å². The summed E-state index contributed by atoms with van der Waals surface area (Å²) in [6.45, 7) is 7.30. The number of ether oxygens (including phenoxy) is 1. The van der Waals surface area contributed by atoms with Crippen molar-refractivity contribution >= 4 is 0 Å². The van der Waals surface area contributed by atoms with Gasteiger partial charge in [-0.25, -0.2) is 4.39 Å². The molecule has 0 saturated carbocycles. The summed E-state index contributed by atoms with van der Waals surface area (Å²) in [5.74, 6) is -0.185. The molecule has 0 heterocycles. The molecule has 1 rings (SSSR count). The smallest absolute Gasteiger partial charge is 0.123 e. The molecule has 108 valence electrons. The van der Waals surface area contributed by atoms with E-state index in [2.05, 4.69) is 26.1 Å². The summed E-state index contributed by atoms with van der Waals surface area (Å²) in [5, 5.41) is 3.52. The van der Waals surface area contributed by atoms with Crippen molar-refractivity contribution in [2.24, 2.45) is 0 Å². The third kappa shape index (κ3) is 5.70. The molecule has 3 heteroatoms. The summed E-state index contributed by atoms with van der Waals surface area (Å²) in [4.78, 5) is 0. The Morgan fingerprint density at radius 2 is 1.89 bits per heavy atom. The van der Waals surface area contributed by atoms with Crippen LogP contribution in [-0.2, 0) is 4.74 Å². The summed E-state index contributed by atoms with van der Waals surface area (Å²) in [6, 6.07) is 7.04. The van der Waals surface area contributed by atoms with Crippen molar-refractivity contribution in [2.75, 3.05) is 13.7 Å². The van der Waals surface area contributed by atoms with Crippen LogP contribution in [0.5, 0.6) is 0 Å². The molecular formula is C16H26FNO. The second-order valence-electron chi connectivity index (χ2n) is 5.56. The maximum absolute atomic E-state index is 13.0. The first-order chi connectivity index (χ1) is 8.98. The van der Waals surface area contributed by atoms with E-state index in [4.69, 9.17) is 4.74 Å². The number of rotatable bonds is 8. The Morgan fingerprint density at radius 1 is 1.26 bits per heavy atom. The van der Waals surface area contributed by atoms with Crippen LogP contribution in [0.1, 0.15) is 51.6 Å². The number of halogens is 1. The fraction of sp³-hybridized carbons (Fsp3) is 0.625. The van der Waals surface area contributed by atoms with Gasteiger partial charge < -0.3 is 10.1 Å². The van der Waals surface area contributed by atoms with E-state index in [1.807, 2.05) is 12.1 Å². The predicted octanol–water partition coefficient (Wildman–Crippen LogP) is 4.07. The Balaban J connectivity index is 2.68. The van der Waals surface area contributed by atoms with E-state index in [-0.39, 0.29) is 17.5 Å². The van der Waals surface area contributed by atoms with Gasteiger partial charge in [-0.3, -0.25) is 0 Å². The molecule has 1 N–H and O–H groups in total. The highest BCUT2D eigenvalue weighted by Gasteiger charge is 2.20. The lowest BCUT2D eigenvalue weighted by Gasteiger charge is -2.26. The normalized spacial score (nSPS) is 13.5. The van der Waals surface area contributed by atoms with Gasteiger partial charge in [-0.1, -0.05) is 19.1 Å². The predicted molar refractivity (Wildman–Crippen MR) is 77.8 cm³/mol. The molecule has 0 aliphatic rings. The van der Waals surface area contributed by atoms with Crippen LogP contribution in [0.2, 0.25) is 0 Å². The minimum atomic E-state index is -0.185. The van der Waals surface area contributed by atoms with Crippen LogP contribution >= 0.6 is 0 Å². The van der Waals surface area contributed by atoms with Crippen molar-refractivity contribution in [1.29, 1.82) is 0 Å². The lowest BCUT2D eigenvalue weighted by Crippen LogP contribution is -2.27. The summed E-state index contributed by atoms with van der Waals surface area (Å²) in [6.07, 6.45) is 3.03. The molecule has 0 aliphatic carbocycles. The van der Waals surface area contributed by atoms with Crippen LogP contribution in [0.4, 0.5) is 4.39 Å². The molecule has 0 spiro atoms.